The van der Waals surface area contributed by atoms with Crippen molar-refractivity contribution in [1.29, 1.82) is 0 Å². The topological polar surface area (TPSA) is 44.5 Å². The first-order valence-corrected chi connectivity index (χ1v) is 6.40. The first-order valence-electron chi connectivity index (χ1n) is 5.35. The van der Waals surface area contributed by atoms with E-state index in [4.69, 9.17) is 15.2 Å². The molecule has 2 N–H and O–H groups in total. The van der Waals surface area contributed by atoms with Crippen LogP contribution in [0.4, 0.5) is 0 Å². The van der Waals surface area contributed by atoms with E-state index in [0.29, 0.717) is 13.2 Å². The molecule has 3 unspecified atom stereocenters. The van der Waals surface area contributed by atoms with E-state index in [-0.39, 0.29) is 11.9 Å². The summed E-state index contributed by atoms with van der Waals surface area (Å²) >= 11 is 2.05. The third kappa shape index (κ3) is 2.42. The lowest BCUT2D eigenvalue weighted by molar-refractivity contribution is -0.156. The molecule has 0 saturated carbocycles. The fourth-order valence-electron chi connectivity index (χ4n) is 2.13. The highest BCUT2D eigenvalue weighted by Gasteiger charge is 2.39. The van der Waals surface area contributed by atoms with Crippen molar-refractivity contribution in [3.8, 4) is 0 Å². The van der Waals surface area contributed by atoms with E-state index in [1.165, 1.54) is 18.6 Å². The molecule has 82 valence electrons. The lowest BCUT2D eigenvalue weighted by atomic mass is 10.1. The van der Waals surface area contributed by atoms with Crippen LogP contribution in [0, 0.1) is 0 Å². The number of thioether (sulfide) groups is 1. The minimum atomic E-state index is -0.369. The first kappa shape index (κ1) is 10.7. The summed E-state index contributed by atoms with van der Waals surface area (Å²) in [5.74, 6) is 0.924. The molecule has 2 saturated heterocycles. The van der Waals surface area contributed by atoms with Crippen LogP contribution in [0.5, 0.6) is 0 Å². The molecule has 2 fully saturated rings. The summed E-state index contributed by atoms with van der Waals surface area (Å²) < 4.78 is 11.5. The van der Waals surface area contributed by atoms with Gasteiger partial charge in [0.25, 0.3) is 0 Å². The van der Waals surface area contributed by atoms with Crippen LogP contribution in [0.1, 0.15) is 26.2 Å². The minimum absolute atomic E-state index is 0.103. The van der Waals surface area contributed by atoms with Crippen LogP contribution in [-0.4, -0.2) is 36.0 Å². The van der Waals surface area contributed by atoms with Gasteiger partial charge in [0.2, 0.25) is 0 Å². The Labute approximate surface area is 89.7 Å². The molecule has 14 heavy (non-hydrogen) atoms. The van der Waals surface area contributed by atoms with Crippen LogP contribution < -0.4 is 5.73 Å². The van der Waals surface area contributed by atoms with Gasteiger partial charge in [-0.2, -0.15) is 11.8 Å². The standard InChI is InChI=1S/C10H19NO2S/c1-10(5-9-3-2-4-14-9)12-7-8(6-11)13-10/h8-9H,2-7,11H2,1H3. The number of ether oxygens (including phenoxy) is 2. The second-order valence-electron chi connectivity index (χ2n) is 4.26. The third-order valence-corrected chi connectivity index (χ3v) is 4.27. The predicted octanol–water partition coefficient (Wildman–Crippen LogP) is 1.36. The Bertz CT molecular complexity index is 197. The molecule has 0 amide bonds. The van der Waals surface area contributed by atoms with Gasteiger partial charge in [-0.05, 0) is 25.5 Å². The molecule has 0 aromatic heterocycles. The van der Waals surface area contributed by atoms with Gasteiger partial charge in [0.15, 0.2) is 5.79 Å². The minimum Gasteiger partial charge on any atom is -0.347 e. The second kappa shape index (κ2) is 4.39. The number of nitrogens with two attached hydrogens (primary N) is 1. The van der Waals surface area contributed by atoms with Gasteiger partial charge in [0.1, 0.15) is 0 Å². The van der Waals surface area contributed by atoms with Crippen molar-refractivity contribution < 1.29 is 9.47 Å². The molecule has 0 spiro atoms. The zero-order chi connectivity index (χ0) is 10.0. The summed E-state index contributed by atoms with van der Waals surface area (Å²) in [6.45, 7) is 3.26. The van der Waals surface area contributed by atoms with E-state index in [9.17, 15) is 0 Å². The largest absolute Gasteiger partial charge is 0.347 e. The highest BCUT2D eigenvalue weighted by atomic mass is 32.2. The van der Waals surface area contributed by atoms with Gasteiger partial charge in [0.05, 0.1) is 12.7 Å². The lowest BCUT2D eigenvalue weighted by Gasteiger charge is -2.25. The Hall–Kier alpha value is 0.230. The van der Waals surface area contributed by atoms with Crippen molar-refractivity contribution in [2.24, 2.45) is 5.73 Å². The molecule has 2 aliphatic heterocycles. The number of hydrogen-bond donors (Lipinski definition) is 1. The van der Waals surface area contributed by atoms with Crippen molar-refractivity contribution in [1.82, 2.24) is 0 Å². The van der Waals surface area contributed by atoms with E-state index < -0.39 is 0 Å². The van der Waals surface area contributed by atoms with Gasteiger partial charge < -0.3 is 15.2 Å². The molecular formula is C10H19NO2S. The molecular weight excluding hydrogens is 198 g/mol. The molecule has 2 rings (SSSR count). The molecule has 0 bridgehead atoms. The van der Waals surface area contributed by atoms with Gasteiger partial charge >= 0.3 is 0 Å². The smallest absolute Gasteiger partial charge is 0.167 e. The monoisotopic (exact) mass is 217 g/mol. The van der Waals surface area contributed by atoms with E-state index in [0.717, 1.165) is 11.7 Å². The zero-order valence-corrected chi connectivity index (χ0v) is 9.52. The first-order chi connectivity index (χ1) is 6.72. The van der Waals surface area contributed by atoms with Crippen molar-refractivity contribution in [3.63, 3.8) is 0 Å². The molecule has 3 nitrogen and oxygen atoms in total. The maximum absolute atomic E-state index is 5.80. The van der Waals surface area contributed by atoms with Gasteiger partial charge in [-0.3, -0.25) is 0 Å². The van der Waals surface area contributed by atoms with Crippen LogP contribution >= 0.6 is 11.8 Å². The zero-order valence-electron chi connectivity index (χ0n) is 8.70. The maximum Gasteiger partial charge on any atom is 0.167 e. The molecule has 4 heteroatoms. The molecule has 0 aromatic rings. The summed E-state index contributed by atoms with van der Waals surface area (Å²) in [6.07, 6.45) is 3.76. The van der Waals surface area contributed by atoms with Crippen LogP contribution in [0.25, 0.3) is 0 Å². The Morgan fingerprint density at radius 1 is 1.57 bits per heavy atom. The summed E-state index contributed by atoms with van der Waals surface area (Å²) in [5.41, 5.74) is 5.55. The fraction of sp³-hybridized carbons (Fsp3) is 1.00. The van der Waals surface area contributed by atoms with Crippen molar-refractivity contribution in [2.45, 2.75) is 43.3 Å². The Balaban J connectivity index is 1.83. The van der Waals surface area contributed by atoms with Crippen LogP contribution in [0.3, 0.4) is 0 Å². The molecule has 2 aliphatic rings. The molecule has 2 heterocycles. The van der Waals surface area contributed by atoms with Crippen molar-refractivity contribution >= 4 is 11.8 Å². The van der Waals surface area contributed by atoms with E-state index >= 15 is 0 Å². The highest BCUT2D eigenvalue weighted by molar-refractivity contribution is 8.00. The van der Waals surface area contributed by atoms with E-state index in [2.05, 4.69) is 0 Å². The Morgan fingerprint density at radius 3 is 3.00 bits per heavy atom. The van der Waals surface area contributed by atoms with Crippen LogP contribution in [0.2, 0.25) is 0 Å². The molecule has 0 aromatic carbocycles. The third-order valence-electron chi connectivity index (χ3n) is 2.88. The van der Waals surface area contributed by atoms with E-state index in [1.807, 2.05) is 18.7 Å². The van der Waals surface area contributed by atoms with Crippen molar-refractivity contribution in [2.75, 3.05) is 18.9 Å². The summed E-state index contributed by atoms with van der Waals surface area (Å²) in [6, 6.07) is 0. The molecule has 0 radical (unpaired) electrons. The normalized spacial score (nSPS) is 43.3. The average molecular weight is 217 g/mol. The predicted molar refractivity (Wildman–Crippen MR) is 58.4 cm³/mol. The number of rotatable bonds is 3. The average Bonchev–Trinajstić information content (AvgIpc) is 2.76. The fourth-order valence-corrected chi connectivity index (χ4v) is 3.55. The summed E-state index contributed by atoms with van der Waals surface area (Å²) in [7, 11) is 0. The van der Waals surface area contributed by atoms with Gasteiger partial charge in [-0.15, -0.1) is 0 Å². The maximum atomic E-state index is 5.80. The molecule has 0 aliphatic carbocycles. The van der Waals surface area contributed by atoms with Gasteiger partial charge in [-0.1, -0.05) is 0 Å². The molecule has 3 atom stereocenters. The van der Waals surface area contributed by atoms with Crippen LogP contribution in [0.15, 0.2) is 0 Å². The Kier molecular flexibility index (Phi) is 3.37. The SMILES string of the molecule is CC1(CC2CCCS2)OCC(CN)O1. The quantitative estimate of drug-likeness (QED) is 0.775. The van der Waals surface area contributed by atoms with Gasteiger partial charge in [0, 0.05) is 18.2 Å². The summed E-state index contributed by atoms with van der Waals surface area (Å²) in [4.78, 5) is 0. The van der Waals surface area contributed by atoms with Crippen LogP contribution in [-0.2, 0) is 9.47 Å². The number of hydrogen-bond acceptors (Lipinski definition) is 4. The highest BCUT2D eigenvalue weighted by Crippen LogP contribution is 2.36. The van der Waals surface area contributed by atoms with Gasteiger partial charge in [-0.25, -0.2) is 0 Å². The lowest BCUT2D eigenvalue weighted by Crippen LogP contribution is -2.31. The van der Waals surface area contributed by atoms with E-state index in [1.54, 1.807) is 0 Å². The second-order valence-corrected chi connectivity index (χ2v) is 5.67. The Morgan fingerprint density at radius 2 is 2.43 bits per heavy atom. The van der Waals surface area contributed by atoms with Crippen molar-refractivity contribution in [3.05, 3.63) is 0 Å². The summed E-state index contributed by atoms with van der Waals surface area (Å²) in [5, 5.41) is 0.719.